The fourth-order valence-electron chi connectivity index (χ4n) is 3.02. The molecule has 0 saturated heterocycles. The summed E-state index contributed by atoms with van der Waals surface area (Å²) in [6.45, 7) is 4.41. The summed E-state index contributed by atoms with van der Waals surface area (Å²) in [7, 11) is 1.96. The zero-order chi connectivity index (χ0) is 14.5. The normalized spacial score (nSPS) is 24.4. The fourth-order valence-corrected chi connectivity index (χ4v) is 3.20. The molecule has 1 aliphatic rings. The summed E-state index contributed by atoms with van der Waals surface area (Å²) in [5, 5.41) is 4.04. The van der Waals surface area contributed by atoms with Crippen molar-refractivity contribution in [1.29, 1.82) is 0 Å². The average Bonchev–Trinajstić information content (AvgIpc) is 2.48. The van der Waals surface area contributed by atoms with Crippen LogP contribution in [-0.4, -0.2) is 13.2 Å². The van der Waals surface area contributed by atoms with Crippen molar-refractivity contribution in [3.05, 3.63) is 28.8 Å². The predicted octanol–water partition coefficient (Wildman–Crippen LogP) is 4.97. The molecular weight excluding hydrogens is 270 g/mol. The molecule has 0 heterocycles. The topological polar surface area (TPSA) is 21.3 Å². The Bertz CT molecular complexity index is 435. The molecule has 1 saturated carbocycles. The number of rotatable bonds is 5. The van der Waals surface area contributed by atoms with Crippen molar-refractivity contribution in [3.63, 3.8) is 0 Å². The van der Waals surface area contributed by atoms with Crippen LogP contribution in [0.4, 0.5) is 0 Å². The third kappa shape index (κ3) is 3.89. The Kier molecular flexibility index (Phi) is 5.74. The molecule has 1 N–H and O–H groups in total. The van der Waals surface area contributed by atoms with Gasteiger partial charge >= 0.3 is 0 Å². The van der Waals surface area contributed by atoms with Gasteiger partial charge in [-0.15, -0.1) is 0 Å². The van der Waals surface area contributed by atoms with Gasteiger partial charge in [0, 0.05) is 16.6 Å². The van der Waals surface area contributed by atoms with Crippen LogP contribution >= 0.6 is 11.6 Å². The van der Waals surface area contributed by atoms with Gasteiger partial charge in [0.15, 0.2) is 0 Å². The van der Waals surface area contributed by atoms with Gasteiger partial charge in [0.2, 0.25) is 0 Å². The van der Waals surface area contributed by atoms with E-state index in [1.165, 1.54) is 32.1 Å². The van der Waals surface area contributed by atoms with Crippen molar-refractivity contribution in [2.24, 2.45) is 5.92 Å². The zero-order valence-corrected chi connectivity index (χ0v) is 13.5. The molecular formula is C17H26ClNO. The molecule has 0 amide bonds. The van der Waals surface area contributed by atoms with Gasteiger partial charge < -0.3 is 10.1 Å². The molecule has 0 aromatic heterocycles. The van der Waals surface area contributed by atoms with E-state index in [1.807, 2.05) is 25.2 Å². The van der Waals surface area contributed by atoms with Crippen LogP contribution in [0, 0.1) is 5.92 Å². The molecule has 1 fully saturated rings. The molecule has 3 unspecified atom stereocenters. The van der Waals surface area contributed by atoms with E-state index in [2.05, 4.69) is 19.2 Å². The lowest BCUT2D eigenvalue weighted by atomic mass is 9.85. The van der Waals surface area contributed by atoms with Crippen molar-refractivity contribution >= 4 is 11.6 Å². The maximum absolute atomic E-state index is 6.30. The lowest BCUT2D eigenvalue weighted by Gasteiger charge is -2.30. The first-order valence-corrected chi connectivity index (χ1v) is 8.15. The Hall–Kier alpha value is -0.730. The lowest BCUT2D eigenvalue weighted by molar-refractivity contribution is 0.120. The molecule has 3 heteroatoms. The molecule has 0 radical (unpaired) electrons. The van der Waals surface area contributed by atoms with Gasteiger partial charge in [0.1, 0.15) is 5.75 Å². The van der Waals surface area contributed by atoms with Crippen LogP contribution in [0.25, 0.3) is 0 Å². The summed E-state index contributed by atoms with van der Waals surface area (Å²) in [6, 6.07) is 6.19. The molecule has 0 bridgehead atoms. The van der Waals surface area contributed by atoms with Crippen LogP contribution in [0.15, 0.2) is 18.2 Å². The highest BCUT2D eigenvalue weighted by Crippen LogP contribution is 2.33. The van der Waals surface area contributed by atoms with Crippen molar-refractivity contribution < 1.29 is 4.74 Å². The Balaban J connectivity index is 2.12. The molecule has 2 rings (SSSR count). The summed E-state index contributed by atoms with van der Waals surface area (Å²) in [5.41, 5.74) is 1.15. The SMILES string of the molecule is CCC1CCCC(Oc2ccc(Cl)cc2C(C)NC)C1. The number of ether oxygens (including phenoxy) is 1. The molecule has 1 aromatic carbocycles. The highest BCUT2D eigenvalue weighted by atomic mass is 35.5. The molecule has 2 nitrogen and oxygen atoms in total. The van der Waals surface area contributed by atoms with E-state index >= 15 is 0 Å². The predicted molar refractivity (Wildman–Crippen MR) is 85.6 cm³/mol. The molecule has 1 aliphatic carbocycles. The maximum atomic E-state index is 6.30. The van der Waals surface area contributed by atoms with Gasteiger partial charge in [-0.3, -0.25) is 0 Å². The highest BCUT2D eigenvalue weighted by Gasteiger charge is 2.23. The number of hydrogen-bond acceptors (Lipinski definition) is 2. The minimum Gasteiger partial charge on any atom is -0.490 e. The second-order valence-corrected chi connectivity index (χ2v) is 6.31. The standard InChI is InChI=1S/C17H26ClNO/c1-4-13-6-5-7-15(10-13)20-17-9-8-14(18)11-16(17)12(2)19-3/h8-9,11-13,15,19H,4-7,10H2,1-3H3. The van der Waals surface area contributed by atoms with E-state index in [9.17, 15) is 0 Å². The molecule has 0 spiro atoms. The second kappa shape index (κ2) is 7.33. The third-order valence-corrected chi connectivity index (χ3v) is 4.71. The van der Waals surface area contributed by atoms with E-state index in [4.69, 9.17) is 16.3 Å². The number of nitrogens with one attached hydrogen (secondary N) is 1. The Morgan fingerprint density at radius 2 is 2.20 bits per heavy atom. The summed E-state index contributed by atoms with van der Waals surface area (Å²) in [6.07, 6.45) is 6.63. The zero-order valence-electron chi connectivity index (χ0n) is 12.8. The number of hydrogen-bond donors (Lipinski definition) is 1. The fraction of sp³-hybridized carbons (Fsp3) is 0.647. The molecule has 112 valence electrons. The first-order chi connectivity index (χ1) is 9.63. The largest absolute Gasteiger partial charge is 0.490 e. The first kappa shape index (κ1) is 15.7. The number of halogens is 1. The molecule has 1 aromatic rings. The summed E-state index contributed by atoms with van der Waals surface area (Å²) >= 11 is 6.12. The molecule has 0 aliphatic heterocycles. The molecule has 20 heavy (non-hydrogen) atoms. The Morgan fingerprint density at radius 3 is 2.90 bits per heavy atom. The maximum Gasteiger partial charge on any atom is 0.124 e. The van der Waals surface area contributed by atoms with Crippen molar-refractivity contribution in [1.82, 2.24) is 5.32 Å². The first-order valence-electron chi connectivity index (χ1n) is 7.77. The van der Waals surface area contributed by atoms with Gasteiger partial charge in [-0.05, 0) is 57.4 Å². The van der Waals surface area contributed by atoms with E-state index in [-0.39, 0.29) is 6.04 Å². The van der Waals surface area contributed by atoms with Crippen molar-refractivity contribution in [2.75, 3.05) is 7.05 Å². The second-order valence-electron chi connectivity index (χ2n) is 5.87. The monoisotopic (exact) mass is 295 g/mol. The summed E-state index contributed by atoms with van der Waals surface area (Å²) in [4.78, 5) is 0. The van der Waals surface area contributed by atoms with Gasteiger partial charge in [-0.2, -0.15) is 0 Å². The van der Waals surface area contributed by atoms with E-state index in [1.54, 1.807) is 0 Å². The Labute approximate surface area is 127 Å². The van der Waals surface area contributed by atoms with E-state index < -0.39 is 0 Å². The summed E-state index contributed by atoms with van der Waals surface area (Å²) in [5.74, 6) is 1.81. The average molecular weight is 296 g/mol. The van der Waals surface area contributed by atoms with Crippen LogP contribution < -0.4 is 10.1 Å². The third-order valence-electron chi connectivity index (χ3n) is 4.48. The smallest absolute Gasteiger partial charge is 0.124 e. The minimum atomic E-state index is 0.245. The summed E-state index contributed by atoms with van der Waals surface area (Å²) < 4.78 is 6.30. The minimum absolute atomic E-state index is 0.245. The van der Waals surface area contributed by atoms with Crippen LogP contribution in [0.1, 0.15) is 57.6 Å². The number of benzene rings is 1. The van der Waals surface area contributed by atoms with Crippen LogP contribution in [0.3, 0.4) is 0 Å². The van der Waals surface area contributed by atoms with Crippen LogP contribution in [-0.2, 0) is 0 Å². The van der Waals surface area contributed by atoms with Crippen molar-refractivity contribution in [3.8, 4) is 5.75 Å². The van der Waals surface area contributed by atoms with E-state index in [0.717, 1.165) is 22.3 Å². The van der Waals surface area contributed by atoms with Crippen LogP contribution in [0.5, 0.6) is 5.75 Å². The van der Waals surface area contributed by atoms with Gasteiger partial charge in [0.25, 0.3) is 0 Å². The Morgan fingerprint density at radius 1 is 1.40 bits per heavy atom. The van der Waals surface area contributed by atoms with E-state index in [0.29, 0.717) is 6.10 Å². The highest BCUT2D eigenvalue weighted by molar-refractivity contribution is 6.30. The van der Waals surface area contributed by atoms with Crippen molar-refractivity contribution in [2.45, 2.75) is 58.1 Å². The van der Waals surface area contributed by atoms with Crippen LogP contribution in [0.2, 0.25) is 5.02 Å². The van der Waals surface area contributed by atoms with Gasteiger partial charge in [-0.1, -0.05) is 31.4 Å². The van der Waals surface area contributed by atoms with Gasteiger partial charge in [-0.25, -0.2) is 0 Å². The van der Waals surface area contributed by atoms with Gasteiger partial charge in [0.05, 0.1) is 6.10 Å². The molecule has 3 atom stereocenters. The quantitative estimate of drug-likeness (QED) is 0.828. The lowest BCUT2D eigenvalue weighted by Crippen LogP contribution is -2.26.